The summed E-state index contributed by atoms with van der Waals surface area (Å²) in [4.78, 5) is 0. The molecule has 84 valence electrons. The molecule has 3 heteroatoms. The van der Waals surface area contributed by atoms with Gasteiger partial charge in [-0.3, -0.25) is 0 Å². The number of rotatable bonds is 4. The van der Waals surface area contributed by atoms with Gasteiger partial charge in [0.05, 0.1) is 0 Å². The van der Waals surface area contributed by atoms with Crippen molar-refractivity contribution in [3.05, 3.63) is 46.8 Å². The Hall–Kier alpha value is -1.48. The Bertz CT molecular complexity index is 451. The zero-order valence-corrected chi connectivity index (χ0v) is 10.3. The molecular weight excluding hydrogens is 218 g/mol. The smallest absolute Gasteiger partial charge is 0.174 e. The van der Waals surface area contributed by atoms with Gasteiger partial charge >= 0.3 is 0 Å². The van der Waals surface area contributed by atoms with Gasteiger partial charge in [0.15, 0.2) is 5.06 Å². The molecule has 2 nitrogen and oxygen atoms in total. The molecule has 0 amide bonds. The molecule has 1 aromatic heterocycles. The fraction of sp³-hybridized carbons (Fsp3) is 0.231. The minimum atomic E-state index is 0.614. The first-order valence-electron chi connectivity index (χ1n) is 5.24. The molecule has 0 spiro atoms. The molecule has 0 unspecified atom stereocenters. The Balaban J connectivity index is 2.14. The molecular formula is C13H15NOS. The second-order valence-electron chi connectivity index (χ2n) is 3.57. The molecule has 0 saturated heterocycles. The Morgan fingerprint density at radius 1 is 1.25 bits per heavy atom. The van der Waals surface area contributed by atoms with Gasteiger partial charge in [-0.15, -0.1) is 11.3 Å². The van der Waals surface area contributed by atoms with Crippen LogP contribution >= 0.6 is 11.3 Å². The first kappa shape index (κ1) is 11.0. The van der Waals surface area contributed by atoms with E-state index in [1.54, 1.807) is 11.3 Å². The van der Waals surface area contributed by atoms with Crippen molar-refractivity contribution in [2.45, 2.75) is 13.5 Å². The van der Waals surface area contributed by atoms with Crippen molar-refractivity contribution in [2.75, 3.05) is 12.4 Å². The minimum Gasteiger partial charge on any atom is -0.479 e. The summed E-state index contributed by atoms with van der Waals surface area (Å²) in [5.41, 5.74) is 3.61. The number of aryl methyl sites for hydroxylation is 1. The molecule has 0 aliphatic rings. The van der Waals surface area contributed by atoms with Crippen molar-refractivity contribution < 1.29 is 4.74 Å². The van der Waals surface area contributed by atoms with E-state index in [9.17, 15) is 0 Å². The normalized spacial score (nSPS) is 10.1. The summed E-state index contributed by atoms with van der Waals surface area (Å²) in [5, 5.41) is 6.17. The maximum absolute atomic E-state index is 5.73. The number of thiophene rings is 1. The van der Waals surface area contributed by atoms with Crippen LogP contribution in [0.4, 0.5) is 5.69 Å². The first-order chi connectivity index (χ1) is 7.81. The van der Waals surface area contributed by atoms with Crippen molar-refractivity contribution >= 4 is 17.0 Å². The molecule has 0 radical (unpaired) electrons. The number of ether oxygens (including phenoxy) is 1. The van der Waals surface area contributed by atoms with Gasteiger partial charge in [0.1, 0.15) is 6.61 Å². The molecule has 1 N–H and O–H groups in total. The third kappa shape index (κ3) is 2.36. The maximum atomic E-state index is 5.73. The number of nitrogens with one attached hydrogen (secondary N) is 1. The van der Waals surface area contributed by atoms with Crippen LogP contribution in [0.1, 0.15) is 11.1 Å². The van der Waals surface area contributed by atoms with Crippen LogP contribution in [0, 0.1) is 6.92 Å². The highest BCUT2D eigenvalue weighted by atomic mass is 32.1. The fourth-order valence-corrected chi connectivity index (χ4v) is 2.19. The van der Waals surface area contributed by atoms with E-state index >= 15 is 0 Å². The molecule has 0 fully saturated rings. The zero-order chi connectivity index (χ0) is 11.4. The summed E-state index contributed by atoms with van der Waals surface area (Å²) >= 11 is 1.62. The quantitative estimate of drug-likeness (QED) is 0.869. The lowest BCUT2D eigenvalue weighted by atomic mass is 10.1. The van der Waals surface area contributed by atoms with E-state index in [1.807, 2.05) is 24.6 Å². The van der Waals surface area contributed by atoms with Crippen molar-refractivity contribution in [1.82, 2.24) is 0 Å². The summed E-state index contributed by atoms with van der Waals surface area (Å²) < 4.78 is 5.73. The topological polar surface area (TPSA) is 21.3 Å². The Kier molecular flexibility index (Phi) is 3.47. The molecule has 16 heavy (non-hydrogen) atoms. The van der Waals surface area contributed by atoms with E-state index < -0.39 is 0 Å². The number of anilines is 1. The number of hydrogen-bond donors (Lipinski definition) is 1. The average molecular weight is 233 g/mol. The van der Waals surface area contributed by atoms with Gasteiger partial charge in [-0.2, -0.15) is 0 Å². The molecule has 0 saturated carbocycles. The van der Waals surface area contributed by atoms with E-state index in [0.29, 0.717) is 6.61 Å². The fourth-order valence-electron chi connectivity index (χ4n) is 1.62. The molecule has 0 aliphatic carbocycles. The van der Waals surface area contributed by atoms with E-state index in [0.717, 1.165) is 10.8 Å². The van der Waals surface area contributed by atoms with Gasteiger partial charge in [0.2, 0.25) is 0 Å². The van der Waals surface area contributed by atoms with E-state index in [4.69, 9.17) is 4.74 Å². The predicted molar refractivity (Wildman–Crippen MR) is 69.4 cm³/mol. The Morgan fingerprint density at radius 2 is 2.12 bits per heavy atom. The maximum Gasteiger partial charge on any atom is 0.174 e. The molecule has 0 aliphatic heterocycles. The van der Waals surface area contributed by atoms with Crippen LogP contribution in [0.2, 0.25) is 0 Å². The standard InChI is InChI=1S/C13H15NOS/c1-10-5-3-6-12(14-2)11(10)9-15-13-7-4-8-16-13/h3-8,14H,9H2,1-2H3. The van der Waals surface area contributed by atoms with Crippen LogP contribution in [0.5, 0.6) is 5.06 Å². The molecule has 1 heterocycles. The van der Waals surface area contributed by atoms with Crippen molar-refractivity contribution in [3.63, 3.8) is 0 Å². The lowest BCUT2D eigenvalue weighted by Gasteiger charge is -2.12. The predicted octanol–water partition coefficient (Wildman–Crippen LogP) is 3.68. The highest BCUT2D eigenvalue weighted by Gasteiger charge is 2.05. The third-order valence-corrected chi connectivity index (χ3v) is 3.31. The number of hydrogen-bond acceptors (Lipinski definition) is 3. The lowest BCUT2D eigenvalue weighted by Crippen LogP contribution is -2.02. The van der Waals surface area contributed by atoms with Gasteiger partial charge < -0.3 is 10.1 Å². The molecule has 1 aromatic carbocycles. The summed E-state index contributed by atoms with van der Waals surface area (Å²) in [6, 6.07) is 10.2. The zero-order valence-electron chi connectivity index (χ0n) is 9.49. The summed E-state index contributed by atoms with van der Waals surface area (Å²) in [7, 11) is 1.93. The minimum absolute atomic E-state index is 0.614. The highest BCUT2D eigenvalue weighted by molar-refractivity contribution is 7.11. The van der Waals surface area contributed by atoms with Crippen molar-refractivity contribution in [2.24, 2.45) is 0 Å². The monoisotopic (exact) mass is 233 g/mol. The van der Waals surface area contributed by atoms with Gasteiger partial charge in [-0.05, 0) is 36.1 Å². The Morgan fingerprint density at radius 3 is 2.81 bits per heavy atom. The second kappa shape index (κ2) is 5.03. The molecule has 0 atom stereocenters. The van der Waals surface area contributed by atoms with Gasteiger partial charge in [-0.25, -0.2) is 0 Å². The largest absolute Gasteiger partial charge is 0.479 e. The number of benzene rings is 1. The lowest BCUT2D eigenvalue weighted by molar-refractivity contribution is 0.315. The molecule has 2 rings (SSSR count). The highest BCUT2D eigenvalue weighted by Crippen LogP contribution is 2.24. The van der Waals surface area contributed by atoms with E-state index in [1.165, 1.54) is 11.1 Å². The first-order valence-corrected chi connectivity index (χ1v) is 6.12. The van der Waals surface area contributed by atoms with Crippen LogP contribution in [-0.4, -0.2) is 7.05 Å². The van der Waals surface area contributed by atoms with Gasteiger partial charge in [0.25, 0.3) is 0 Å². The van der Waals surface area contributed by atoms with Crippen molar-refractivity contribution in [1.29, 1.82) is 0 Å². The van der Waals surface area contributed by atoms with E-state index in [-0.39, 0.29) is 0 Å². The van der Waals surface area contributed by atoms with Crippen LogP contribution in [0.15, 0.2) is 35.7 Å². The van der Waals surface area contributed by atoms with Crippen LogP contribution < -0.4 is 10.1 Å². The summed E-state index contributed by atoms with van der Waals surface area (Å²) in [5.74, 6) is 0. The van der Waals surface area contributed by atoms with Crippen molar-refractivity contribution in [3.8, 4) is 5.06 Å². The van der Waals surface area contributed by atoms with Gasteiger partial charge in [0, 0.05) is 18.3 Å². The molecule has 2 aromatic rings. The summed E-state index contributed by atoms with van der Waals surface area (Å²) in [6.45, 7) is 2.72. The SMILES string of the molecule is CNc1cccc(C)c1COc1cccs1. The summed E-state index contributed by atoms with van der Waals surface area (Å²) in [6.07, 6.45) is 0. The Labute approximate surface area is 99.9 Å². The molecule has 0 bridgehead atoms. The van der Waals surface area contributed by atoms with Crippen LogP contribution in [0.3, 0.4) is 0 Å². The third-order valence-electron chi connectivity index (χ3n) is 2.53. The average Bonchev–Trinajstić information content (AvgIpc) is 2.80. The van der Waals surface area contributed by atoms with Crippen LogP contribution in [-0.2, 0) is 6.61 Å². The second-order valence-corrected chi connectivity index (χ2v) is 4.48. The van der Waals surface area contributed by atoms with Gasteiger partial charge in [-0.1, -0.05) is 12.1 Å². The van der Waals surface area contributed by atoms with Crippen LogP contribution in [0.25, 0.3) is 0 Å². The van der Waals surface area contributed by atoms with E-state index in [2.05, 4.69) is 30.4 Å².